The van der Waals surface area contributed by atoms with Crippen molar-refractivity contribution in [3.05, 3.63) is 30.1 Å². The second-order valence-electron chi connectivity index (χ2n) is 5.33. The van der Waals surface area contributed by atoms with Crippen molar-refractivity contribution in [1.82, 2.24) is 9.55 Å². The molecule has 2 rings (SSSR count). The summed E-state index contributed by atoms with van der Waals surface area (Å²) in [5, 5.41) is 9.18. The largest absolute Gasteiger partial charge is 0.478 e. The number of hydrogen-bond acceptors (Lipinski definition) is 2. The molecule has 0 bridgehead atoms. The third-order valence-corrected chi connectivity index (χ3v) is 3.78. The molecule has 1 aromatic carbocycles. The molecule has 1 aromatic heterocycles. The van der Waals surface area contributed by atoms with E-state index >= 15 is 0 Å². The molecule has 1 unspecified atom stereocenters. The van der Waals surface area contributed by atoms with Gasteiger partial charge in [0.1, 0.15) is 5.52 Å². The van der Waals surface area contributed by atoms with E-state index in [4.69, 9.17) is 0 Å². The predicted molar refractivity (Wildman–Crippen MR) is 80.2 cm³/mol. The lowest BCUT2D eigenvalue weighted by Crippen LogP contribution is -2.04. The molecule has 0 aliphatic carbocycles. The number of unbranched alkanes of at least 4 members (excludes halogenated alkanes) is 3. The Morgan fingerprint density at radius 2 is 2.15 bits per heavy atom. The minimum Gasteiger partial charge on any atom is -0.478 e. The van der Waals surface area contributed by atoms with Gasteiger partial charge in [-0.25, -0.2) is 9.78 Å². The fourth-order valence-corrected chi connectivity index (χ4v) is 2.59. The van der Waals surface area contributed by atoms with Gasteiger partial charge in [0, 0.05) is 6.04 Å². The van der Waals surface area contributed by atoms with E-state index < -0.39 is 5.97 Å². The molecule has 0 aliphatic heterocycles. The van der Waals surface area contributed by atoms with Crippen LogP contribution < -0.4 is 0 Å². The van der Waals surface area contributed by atoms with Crippen molar-refractivity contribution >= 4 is 17.0 Å². The fraction of sp³-hybridized carbons (Fsp3) is 0.500. The van der Waals surface area contributed by atoms with Gasteiger partial charge in [0.25, 0.3) is 0 Å². The molecule has 1 N–H and O–H groups in total. The van der Waals surface area contributed by atoms with Gasteiger partial charge < -0.3 is 9.67 Å². The Labute approximate surface area is 119 Å². The van der Waals surface area contributed by atoms with E-state index in [0.29, 0.717) is 11.6 Å². The fourth-order valence-electron chi connectivity index (χ4n) is 2.59. The molecule has 1 heterocycles. The molecule has 4 heteroatoms. The van der Waals surface area contributed by atoms with Crippen molar-refractivity contribution in [3.8, 4) is 0 Å². The molecular formula is C16H22N2O2. The Kier molecular flexibility index (Phi) is 4.77. The second-order valence-corrected chi connectivity index (χ2v) is 5.33. The number of benzene rings is 1. The number of hydrogen-bond donors (Lipinski definition) is 1. The van der Waals surface area contributed by atoms with E-state index in [1.807, 2.05) is 6.07 Å². The molecule has 1 atom stereocenters. The van der Waals surface area contributed by atoms with Gasteiger partial charge in [0.05, 0.1) is 17.4 Å². The summed E-state index contributed by atoms with van der Waals surface area (Å²) in [6.07, 6.45) is 7.84. The quantitative estimate of drug-likeness (QED) is 0.767. The summed E-state index contributed by atoms with van der Waals surface area (Å²) in [6.45, 7) is 4.38. The highest BCUT2D eigenvalue weighted by Crippen LogP contribution is 2.24. The lowest BCUT2D eigenvalue weighted by Gasteiger charge is -2.14. The average Bonchev–Trinajstić information content (AvgIpc) is 2.87. The zero-order valence-electron chi connectivity index (χ0n) is 12.2. The van der Waals surface area contributed by atoms with Crippen LogP contribution in [0.1, 0.15) is 62.4 Å². The first-order chi connectivity index (χ1) is 9.65. The Morgan fingerprint density at radius 1 is 1.35 bits per heavy atom. The van der Waals surface area contributed by atoms with Crippen LogP contribution in [-0.4, -0.2) is 20.6 Å². The number of carboxylic acid groups (broad SMARTS) is 1. The molecule has 0 amide bonds. The van der Waals surface area contributed by atoms with Crippen molar-refractivity contribution in [2.75, 3.05) is 0 Å². The monoisotopic (exact) mass is 274 g/mol. The Balaban J connectivity index is 2.18. The number of nitrogens with zero attached hydrogens (tertiary/aromatic N) is 2. The normalized spacial score (nSPS) is 12.7. The van der Waals surface area contributed by atoms with Crippen LogP contribution in [-0.2, 0) is 0 Å². The molecular weight excluding hydrogens is 252 g/mol. The molecule has 2 aromatic rings. The number of aromatic nitrogens is 2. The first-order valence-electron chi connectivity index (χ1n) is 7.34. The molecule has 0 fully saturated rings. The van der Waals surface area contributed by atoms with E-state index in [-0.39, 0.29) is 5.56 Å². The van der Waals surface area contributed by atoms with Gasteiger partial charge >= 0.3 is 5.97 Å². The van der Waals surface area contributed by atoms with Crippen LogP contribution in [0.5, 0.6) is 0 Å². The minimum atomic E-state index is -0.920. The van der Waals surface area contributed by atoms with Crippen molar-refractivity contribution in [3.63, 3.8) is 0 Å². The lowest BCUT2D eigenvalue weighted by molar-refractivity contribution is 0.0699. The SMILES string of the molecule is CCCCCCC(C)n1cnc2c(C(=O)O)cccc21. The van der Waals surface area contributed by atoms with Crippen molar-refractivity contribution < 1.29 is 9.90 Å². The molecule has 0 aliphatic rings. The molecule has 0 radical (unpaired) electrons. The summed E-state index contributed by atoms with van der Waals surface area (Å²) in [5.41, 5.74) is 1.77. The van der Waals surface area contributed by atoms with Crippen molar-refractivity contribution in [2.24, 2.45) is 0 Å². The number of aromatic carboxylic acids is 1. The summed E-state index contributed by atoms with van der Waals surface area (Å²) in [6, 6.07) is 5.68. The van der Waals surface area contributed by atoms with Crippen LogP contribution in [0, 0.1) is 0 Å². The van der Waals surface area contributed by atoms with Gasteiger partial charge in [0.15, 0.2) is 0 Å². The lowest BCUT2D eigenvalue weighted by atomic mass is 10.1. The average molecular weight is 274 g/mol. The van der Waals surface area contributed by atoms with E-state index in [9.17, 15) is 9.90 Å². The second kappa shape index (κ2) is 6.55. The molecule has 20 heavy (non-hydrogen) atoms. The summed E-state index contributed by atoms with van der Waals surface area (Å²) >= 11 is 0. The Morgan fingerprint density at radius 3 is 2.85 bits per heavy atom. The third kappa shape index (κ3) is 3.00. The van der Waals surface area contributed by atoms with Gasteiger partial charge in [-0.3, -0.25) is 0 Å². The molecule has 0 spiro atoms. The molecule has 0 saturated heterocycles. The van der Waals surface area contributed by atoms with Gasteiger partial charge in [-0.2, -0.15) is 0 Å². The minimum absolute atomic E-state index is 0.277. The summed E-state index contributed by atoms with van der Waals surface area (Å²) in [4.78, 5) is 15.5. The topological polar surface area (TPSA) is 55.1 Å². The van der Waals surface area contributed by atoms with E-state index in [2.05, 4.69) is 23.4 Å². The molecule has 4 nitrogen and oxygen atoms in total. The van der Waals surface area contributed by atoms with Gasteiger partial charge in [0.2, 0.25) is 0 Å². The van der Waals surface area contributed by atoms with Crippen molar-refractivity contribution in [1.29, 1.82) is 0 Å². The molecule has 108 valence electrons. The summed E-state index contributed by atoms with van der Waals surface area (Å²) in [5.74, 6) is -0.920. The Bertz CT molecular complexity index is 589. The van der Waals surface area contributed by atoms with Crippen LogP contribution in [0.25, 0.3) is 11.0 Å². The zero-order valence-corrected chi connectivity index (χ0v) is 12.2. The van der Waals surface area contributed by atoms with E-state index in [0.717, 1.165) is 11.9 Å². The number of fused-ring (bicyclic) bond motifs is 1. The van der Waals surface area contributed by atoms with Gasteiger partial charge in [-0.05, 0) is 25.5 Å². The van der Waals surface area contributed by atoms with Gasteiger partial charge in [-0.15, -0.1) is 0 Å². The number of carbonyl (C=O) groups is 1. The number of imidazole rings is 1. The molecule has 0 saturated carbocycles. The van der Waals surface area contributed by atoms with Crippen LogP contribution in [0.15, 0.2) is 24.5 Å². The highest BCUT2D eigenvalue weighted by atomic mass is 16.4. The van der Waals surface area contributed by atoms with Gasteiger partial charge in [-0.1, -0.05) is 38.7 Å². The maximum absolute atomic E-state index is 11.2. The standard InChI is InChI=1S/C16H22N2O2/c1-3-4-5-6-8-12(2)18-11-17-15-13(16(19)20)9-7-10-14(15)18/h7,9-12H,3-6,8H2,1-2H3,(H,19,20). The first-order valence-corrected chi connectivity index (χ1v) is 7.34. The predicted octanol–water partition coefficient (Wildman–Crippen LogP) is 4.27. The first kappa shape index (κ1) is 14.6. The number of para-hydroxylation sites is 1. The smallest absolute Gasteiger partial charge is 0.337 e. The summed E-state index contributed by atoms with van der Waals surface area (Å²) in [7, 11) is 0. The van der Waals surface area contributed by atoms with E-state index in [1.54, 1.807) is 18.5 Å². The maximum Gasteiger partial charge on any atom is 0.337 e. The third-order valence-electron chi connectivity index (χ3n) is 3.78. The Hall–Kier alpha value is -1.84. The van der Waals surface area contributed by atoms with Crippen LogP contribution in [0.4, 0.5) is 0 Å². The van der Waals surface area contributed by atoms with E-state index in [1.165, 1.54) is 25.7 Å². The highest BCUT2D eigenvalue weighted by Gasteiger charge is 2.14. The summed E-state index contributed by atoms with van der Waals surface area (Å²) < 4.78 is 2.09. The highest BCUT2D eigenvalue weighted by molar-refractivity contribution is 6.00. The van der Waals surface area contributed by atoms with Crippen LogP contribution in [0.3, 0.4) is 0 Å². The number of carboxylic acids is 1. The number of rotatable bonds is 7. The van der Waals surface area contributed by atoms with Crippen LogP contribution >= 0.6 is 0 Å². The maximum atomic E-state index is 11.2. The van der Waals surface area contributed by atoms with Crippen LogP contribution in [0.2, 0.25) is 0 Å². The van der Waals surface area contributed by atoms with Crippen molar-refractivity contribution in [2.45, 2.75) is 52.0 Å². The zero-order chi connectivity index (χ0) is 14.5.